The van der Waals surface area contributed by atoms with Crippen LogP contribution in [0.25, 0.3) is 0 Å². The molecule has 30 heavy (non-hydrogen) atoms. The molecule has 2 aliphatic rings. The summed E-state index contributed by atoms with van der Waals surface area (Å²) < 4.78 is 21.0. The number of nitrogens with zero attached hydrogens (tertiary/aromatic N) is 1. The van der Waals surface area contributed by atoms with Gasteiger partial charge in [0.15, 0.2) is 5.79 Å². The van der Waals surface area contributed by atoms with Crippen molar-refractivity contribution in [2.75, 3.05) is 19.8 Å². The average Bonchev–Trinajstić information content (AvgIpc) is 2.55. The maximum atomic E-state index is 12.9. The lowest BCUT2D eigenvalue weighted by Gasteiger charge is -2.59. The van der Waals surface area contributed by atoms with Crippen LogP contribution in [-0.4, -0.2) is 75.9 Å². The molecule has 0 aliphatic carbocycles. The topological polar surface area (TPSA) is 144 Å². The molecule has 0 unspecified atom stereocenters. The van der Waals surface area contributed by atoms with Crippen molar-refractivity contribution in [3.63, 3.8) is 0 Å². The smallest absolute Gasteiger partial charge is 0.450 e. The van der Waals surface area contributed by atoms with Crippen LogP contribution < -0.4 is 5.32 Å². The van der Waals surface area contributed by atoms with Gasteiger partial charge in [0.2, 0.25) is 0 Å². The van der Waals surface area contributed by atoms with Crippen LogP contribution in [-0.2, 0) is 18.9 Å². The molecule has 11 heteroatoms. The van der Waals surface area contributed by atoms with Crippen LogP contribution in [0.4, 0.5) is 14.4 Å². The van der Waals surface area contributed by atoms with E-state index in [4.69, 9.17) is 19.7 Å². The lowest BCUT2D eigenvalue weighted by Crippen LogP contribution is -2.71. The molecule has 2 aliphatic heterocycles. The zero-order chi connectivity index (χ0) is 22.8. The van der Waals surface area contributed by atoms with Crippen molar-refractivity contribution in [2.24, 2.45) is 0 Å². The van der Waals surface area contributed by atoms with Crippen LogP contribution >= 0.6 is 0 Å². The summed E-state index contributed by atoms with van der Waals surface area (Å²) in [7, 11) is 0. The molecule has 0 aromatic heterocycles. The lowest BCUT2D eigenvalue weighted by atomic mass is 9.76. The molecule has 0 atom stereocenters. The summed E-state index contributed by atoms with van der Waals surface area (Å²) in [6.07, 6.45) is -0.985. The summed E-state index contributed by atoms with van der Waals surface area (Å²) in [4.78, 5) is 36.7. The Morgan fingerprint density at radius 3 is 1.83 bits per heavy atom. The van der Waals surface area contributed by atoms with Gasteiger partial charge in [0, 0.05) is 30.5 Å². The van der Waals surface area contributed by atoms with E-state index in [0.29, 0.717) is 19.4 Å². The van der Waals surface area contributed by atoms with Crippen LogP contribution in [0.2, 0.25) is 0 Å². The van der Waals surface area contributed by atoms with Gasteiger partial charge in [0.1, 0.15) is 13.2 Å². The van der Waals surface area contributed by atoms with Gasteiger partial charge in [-0.25, -0.2) is 14.4 Å². The Bertz CT molecular complexity index is 631. The van der Waals surface area contributed by atoms with Gasteiger partial charge in [-0.3, -0.25) is 0 Å². The predicted octanol–water partition coefficient (Wildman–Crippen LogP) is 2.98. The molecule has 11 nitrogen and oxygen atoms in total. The van der Waals surface area contributed by atoms with Gasteiger partial charge >= 0.3 is 24.1 Å². The van der Waals surface area contributed by atoms with Crippen LogP contribution in [0.15, 0.2) is 0 Å². The molecule has 2 amide bonds. The highest BCUT2D eigenvalue weighted by Gasteiger charge is 2.60. The molecular weight excluding hydrogens is 400 g/mol. The zero-order valence-electron chi connectivity index (χ0n) is 18.1. The molecule has 2 rings (SSSR count). The third-order valence-corrected chi connectivity index (χ3v) is 5.28. The average molecular weight is 432 g/mol. The molecule has 2 saturated heterocycles. The van der Waals surface area contributed by atoms with Gasteiger partial charge in [-0.1, -0.05) is 13.3 Å². The number of likely N-dealkylation sites (tertiary alicyclic amines) is 1. The minimum Gasteiger partial charge on any atom is -0.450 e. The maximum Gasteiger partial charge on any atom is 0.509 e. The largest absolute Gasteiger partial charge is 0.509 e. The van der Waals surface area contributed by atoms with Crippen molar-refractivity contribution in [3.8, 4) is 0 Å². The summed E-state index contributed by atoms with van der Waals surface area (Å²) in [6.45, 7) is 9.29. The first-order valence-electron chi connectivity index (χ1n) is 9.96. The minimum absolute atomic E-state index is 0.179. The molecular formula is C19H32N2O9. The second kappa shape index (κ2) is 8.46. The number of ether oxygens (including phenoxy) is 4. The fourth-order valence-corrected chi connectivity index (χ4v) is 4.59. The van der Waals surface area contributed by atoms with Gasteiger partial charge in [0.05, 0.1) is 0 Å². The quantitative estimate of drug-likeness (QED) is 0.339. The summed E-state index contributed by atoms with van der Waals surface area (Å²) in [5, 5.41) is 20.8. The highest BCUT2D eigenvalue weighted by atomic mass is 16.8. The van der Waals surface area contributed by atoms with Crippen molar-refractivity contribution in [1.29, 1.82) is 0 Å². The Kier molecular flexibility index (Phi) is 6.77. The number of carboxylic acid groups (broad SMARTS) is 2. The monoisotopic (exact) mass is 432 g/mol. The second-order valence-electron chi connectivity index (χ2n) is 9.03. The minimum atomic E-state index is -2.11. The number of unbranched alkanes of at least 4 members (excludes halogenated alkanes) is 1. The third-order valence-electron chi connectivity index (χ3n) is 5.28. The summed E-state index contributed by atoms with van der Waals surface area (Å²) >= 11 is 0. The van der Waals surface area contributed by atoms with Crippen LogP contribution in [0.5, 0.6) is 0 Å². The first-order valence-corrected chi connectivity index (χ1v) is 9.96. The Labute approximate surface area is 175 Å². The van der Waals surface area contributed by atoms with Crippen molar-refractivity contribution >= 4 is 18.3 Å². The van der Waals surface area contributed by atoms with Gasteiger partial charge in [-0.05, 0) is 34.1 Å². The molecule has 0 bridgehead atoms. The van der Waals surface area contributed by atoms with Crippen molar-refractivity contribution in [3.05, 3.63) is 0 Å². The summed E-state index contributed by atoms with van der Waals surface area (Å²) in [6, 6.07) is -0.179. The molecule has 0 aromatic rings. The highest BCUT2D eigenvalue weighted by molar-refractivity contribution is 5.76. The normalized spacial score (nSPS) is 23.4. The Morgan fingerprint density at radius 1 is 0.967 bits per heavy atom. The standard InChI is InChI=1S/C19H32N2O9/c1-6-7-8-20-13(22)21-16(2,3)9-18(10-17(21,4)5)27-11-19(12-28-18,29-14(23)24)30-15(25)26/h6-12H2,1-5H3,(H,20,22)(H,23,24)(H,25,26). The van der Waals surface area contributed by atoms with E-state index in [1.807, 2.05) is 34.6 Å². The maximum absolute atomic E-state index is 12.9. The number of hydrogen-bond donors (Lipinski definition) is 3. The van der Waals surface area contributed by atoms with E-state index in [1.165, 1.54) is 0 Å². The number of hydrogen-bond acceptors (Lipinski definition) is 7. The predicted molar refractivity (Wildman–Crippen MR) is 103 cm³/mol. The van der Waals surface area contributed by atoms with E-state index in [1.54, 1.807) is 4.90 Å². The molecule has 2 fully saturated rings. The van der Waals surface area contributed by atoms with Gasteiger partial charge in [-0.2, -0.15) is 0 Å². The summed E-state index contributed by atoms with van der Waals surface area (Å²) in [5.74, 6) is -3.26. The lowest BCUT2D eigenvalue weighted by molar-refractivity contribution is -0.384. The van der Waals surface area contributed by atoms with E-state index in [0.717, 1.165) is 12.8 Å². The fourth-order valence-electron chi connectivity index (χ4n) is 4.59. The number of nitrogens with one attached hydrogen (secondary N) is 1. The van der Waals surface area contributed by atoms with Crippen LogP contribution in [0.3, 0.4) is 0 Å². The Hall–Kier alpha value is -2.27. The van der Waals surface area contributed by atoms with Crippen molar-refractivity contribution < 1.29 is 43.5 Å². The first-order chi connectivity index (χ1) is 13.8. The first kappa shape index (κ1) is 24.0. The molecule has 2 heterocycles. The van der Waals surface area contributed by atoms with Crippen LogP contribution in [0, 0.1) is 0 Å². The molecule has 0 radical (unpaired) electrons. The number of urea groups is 1. The number of amides is 2. The number of carbonyl (C=O) groups is 3. The SMILES string of the molecule is CCCCNC(=O)N1C(C)(C)CC2(CC1(C)C)OCC(OC(=O)O)(OC(=O)O)CO2. The Balaban J connectivity index is 2.19. The molecule has 3 N–H and O–H groups in total. The highest BCUT2D eigenvalue weighted by Crippen LogP contribution is 2.48. The van der Waals surface area contributed by atoms with E-state index in [2.05, 4.69) is 14.8 Å². The summed E-state index contributed by atoms with van der Waals surface area (Å²) in [5.41, 5.74) is -1.33. The number of piperidine rings is 1. The fraction of sp³-hybridized carbons (Fsp3) is 0.842. The molecule has 172 valence electrons. The molecule has 1 spiro atoms. The van der Waals surface area contributed by atoms with Crippen molar-refractivity contribution in [1.82, 2.24) is 10.2 Å². The number of carbonyl (C=O) groups excluding carboxylic acids is 1. The van der Waals surface area contributed by atoms with E-state index in [9.17, 15) is 14.4 Å². The molecule has 0 saturated carbocycles. The number of rotatable bonds is 5. The van der Waals surface area contributed by atoms with Gasteiger partial charge in [0.25, 0.3) is 0 Å². The Morgan fingerprint density at radius 2 is 1.43 bits per heavy atom. The van der Waals surface area contributed by atoms with Gasteiger partial charge < -0.3 is 39.4 Å². The second-order valence-corrected chi connectivity index (χ2v) is 9.03. The zero-order valence-corrected chi connectivity index (χ0v) is 18.1. The van der Waals surface area contributed by atoms with E-state index < -0.39 is 48.2 Å². The third kappa shape index (κ3) is 5.25. The van der Waals surface area contributed by atoms with Crippen LogP contribution in [0.1, 0.15) is 60.3 Å². The van der Waals surface area contributed by atoms with Crippen molar-refractivity contribution in [2.45, 2.75) is 83.0 Å². The van der Waals surface area contributed by atoms with E-state index >= 15 is 0 Å². The molecule has 0 aromatic carbocycles. The van der Waals surface area contributed by atoms with E-state index in [-0.39, 0.29) is 6.03 Å². The van der Waals surface area contributed by atoms with Gasteiger partial charge in [-0.15, -0.1) is 0 Å².